The van der Waals surface area contributed by atoms with Crippen molar-refractivity contribution in [2.24, 2.45) is 0 Å². The number of aliphatic carboxylic acids is 1. The average molecular weight is 223 g/mol. The first-order valence-corrected chi connectivity index (χ1v) is 5.20. The van der Waals surface area contributed by atoms with Gasteiger partial charge in [0.2, 0.25) is 0 Å². The van der Waals surface area contributed by atoms with Crippen molar-refractivity contribution < 1.29 is 14.3 Å². The van der Waals surface area contributed by atoms with Crippen molar-refractivity contribution in [1.82, 2.24) is 4.98 Å². The highest BCUT2D eigenvalue weighted by atomic mass is 32.1. The van der Waals surface area contributed by atoms with Gasteiger partial charge < -0.3 is 9.52 Å². The Kier molecular flexibility index (Phi) is 2.55. The summed E-state index contributed by atoms with van der Waals surface area (Å²) < 4.78 is 5.39. The van der Waals surface area contributed by atoms with Crippen molar-refractivity contribution in [2.75, 3.05) is 0 Å². The van der Waals surface area contributed by atoms with Crippen LogP contribution in [0.15, 0.2) is 22.7 Å². The van der Waals surface area contributed by atoms with Gasteiger partial charge in [0.1, 0.15) is 5.76 Å². The molecule has 0 unspecified atom stereocenters. The van der Waals surface area contributed by atoms with E-state index in [1.807, 2.05) is 19.1 Å². The SMILES string of the molecule is Cc1ccc(-c2ncc(CC(=O)O)s2)o1. The summed E-state index contributed by atoms with van der Waals surface area (Å²) in [5.41, 5.74) is 0. The van der Waals surface area contributed by atoms with E-state index in [1.165, 1.54) is 11.3 Å². The van der Waals surface area contributed by atoms with Gasteiger partial charge in [-0.3, -0.25) is 4.79 Å². The Balaban J connectivity index is 2.23. The zero-order chi connectivity index (χ0) is 10.8. The number of furan rings is 1. The molecule has 2 aromatic rings. The molecule has 0 radical (unpaired) electrons. The van der Waals surface area contributed by atoms with E-state index in [4.69, 9.17) is 9.52 Å². The van der Waals surface area contributed by atoms with E-state index in [-0.39, 0.29) is 6.42 Å². The first kappa shape index (κ1) is 9.92. The number of carbonyl (C=O) groups is 1. The predicted octanol–water partition coefficient (Wildman–Crippen LogP) is 2.34. The number of carboxylic acids is 1. The summed E-state index contributed by atoms with van der Waals surface area (Å²) in [6.45, 7) is 1.86. The van der Waals surface area contributed by atoms with Gasteiger partial charge in [0.15, 0.2) is 10.8 Å². The monoisotopic (exact) mass is 223 g/mol. The molecule has 0 amide bonds. The maximum atomic E-state index is 10.5. The summed E-state index contributed by atoms with van der Waals surface area (Å²) in [5, 5.41) is 9.33. The van der Waals surface area contributed by atoms with Gasteiger partial charge in [-0.2, -0.15) is 0 Å². The second-order valence-electron chi connectivity index (χ2n) is 3.11. The first-order chi connectivity index (χ1) is 7.15. The molecule has 0 aromatic carbocycles. The number of carboxylic acid groups (broad SMARTS) is 1. The topological polar surface area (TPSA) is 63.3 Å². The van der Waals surface area contributed by atoms with Crippen LogP contribution in [0.4, 0.5) is 0 Å². The molecule has 0 saturated carbocycles. The molecule has 78 valence electrons. The van der Waals surface area contributed by atoms with Crippen LogP contribution >= 0.6 is 11.3 Å². The van der Waals surface area contributed by atoms with Gasteiger partial charge in [0.25, 0.3) is 0 Å². The Morgan fingerprint density at radius 1 is 1.60 bits per heavy atom. The standard InChI is InChI=1S/C10H9NO3S/c1-6-2-3-8(14-6)10-11-5-7(15-10)4-9(12)13/h2-3,5H,4H2,1H3,(H,12,13). The largest absolute Gasteiger partial charge is 0.481 e. The van der Waals surface area contributed by atoms with Gasteiger partial charge in [-0.1, -0.05) is 0 Å². The highest BCUT2D eigenvalue weighted by molar-refractivity contribution is 7.15. The van der Waals surface area contributed by atoms with Crippen molar-refractivity contribution in [3.63, 3.8) is 0 Å². The predicted molar refractivity (Wildman–Crippen MR) is 55.9 cm³/mol. The second kappa shape index (κ2) is 3.86. The van der Waals surface area contributed by atoms with Crippen molar-refractivity contribution in [3.05, 3.63) is 29.0 Å². The lowest BCUT2D eigenvalue weighted by Gasteiger charge is -1.88. The van der Waals surface area contributed by atoms with E-state index < -0.39 is 5.97 Å². The number of thiazole rings is 1. The molecule has 0 spiro atoms. The Labute approximate surface area is 90.2 Å². The summed E-state index contributed by atoms with van der Waals surface area (Å²) in [6, 6.07) is 3.69. The molecule has 4 nitrogen and oxygen atoms in total. The molecule has 0 bridgehead atoms. The number of rotatable bonds is 3. The van der Waals surface area contributed by atoms with Crippen molar-refractivity contribution in [2.45, 2.75) is 13.3 Å². The van der Waals surface area contributed by atoms with E-state index in [0.717, 1.165) is 15.6 Å². The number of hydrogen-bond donors (Lipinski definition) is 1. The summed E-state index contributed by atoms with van der Waals surface area (Å²) in [6.07, 6.45) is 1.59. The molecule has 0 aliphatic heterocycles. The average Bonchev–Trinajstić information content (AvgIpc) is 2.72. The molecule has 0 aliphatic rings. The van der Waals surface area contributed by atoms with Gasteiger partial charge in [-0.15, -0.1) is 11.3 Å². The number of aromatic nitrogens is 1. The van der Waals surface area contributed by atoms with E-state index in [9.17, 15) is 4.79 Å². The lowest BCUT2D eigenvalue weighted by Crippen LogP contribution is -1.97. The molecular formula is C10H9NO3S. The molecule has 0 atom stereocenters. The third-order valence-corrected chi connectivity index (χ3v) is 2.84. The Bertz CT molecular complexity index is 486. The van der Waals surface area contributed by atoms with Crippen LogP contribution in [0.1, 0.15) is 10.6 Å². The third-order valence-electron chi connectivity index (χ3n) is 1.83. The maximum absolute atomic E-state index is 10.5. The van der Waals surface area contributed by atoms with E-state index in [2.05, 4.69) is 4.98 Å². The zero-order valence-corrected chi connectivity index (χ0v) is 8.87. The minimum Gasteiger partial charge on any atom is -0.481 e. The molecule has 0 aliphatic carbocycles. The van der Waals surface area contributed by atoms with Gasteiger partial charge >= 0.3 is 5.97 Å². The minimum absolute atomic E-state index is 0.0113. The fraction of sp³-hybridized carbons (Fsp3) is 0.200. The summed E-state index contributed by atoms with van der Waals surface area (Å²) in [7, 11) is 0. The van der Waals surface area contributed by atoms with E-state index in [1.54, 1.807) is 6.20 Å². The maximum Gasteiger partial charge on any atom is 0.308 e. The lowest BCUT2D eigenvalue weighted by atomic mass is 10.4. The molecule has 15 heavy (non-hydrogen) atoms. The second-order valence-corrected chi connectivity index (χ2v) is 4.23. The van der Waals surface area contributed by atoms with Crippen molar-refractivity contribution in [3.8, 4) is 10.8 Å². The third kappa shape index (κ3) is 2.24. The molecule has 2 aromatic heterocycles. The number of aryl methyl sites for hydroxylation is 1. The van der Waals surface area contributed by atoms with Crippen LogP contribution < -0.4 is 0 Å². The molecule has 0 saturated heterocycles. The summed E-state index contributed by atoms with van der Waals surface area (Å²) in [5.74, 6) is 0.662. The van der Waals surface area contributed by atoms with Crippen LogP contribution in [-0.2, 0) is 11.2 Å². The van der Waals surface area contributed by atoms with Crippen LogP contribution in [0.2, 0.25) is 0 Å². The van der Waals surface area contributed by atoms with E-state index >= 15 is 0 Å². The van der Waals surface area contributed by atoms with Crippen LogP contribution in [-0.4, -0.2) is 16.1 Å². The normalized spacial score (nSPS) is 10.5. The summed E-state index contributed by atoms with van der Waals surface area (Å²) in [4.78, 5) is 15.3. The Morgan fingerprint density at radius 2 is 2.40 bits per heavy atom. The smallest absolute Gasteiger partial charge is 0.308 e. The van der Waals surface area contributed by atoms with Crippen LogP contribution in [0.5, 0.6) is 0 Å². The lowest BCUT2D eigenvalue weighted by molar-refractivity contribution is -0.136. The number of nitrogens with zero attached hydrogens (tertiary/aromatic N) is 1. The van der Waals surface area contributed by atoms with Gasteiger partial charge in [0, 0.05) is 11.1 Å². The van der Waals surface area contributed by atoms with Gasteiger partial charge in [-0.05, 0) is 19.1 Å². The first-order valence-electron chi connectivity index (χ1n) is 4.38. The molecule has 2 heterocycles. The molecule has 2 rings (SSSR count). The van der Waals surface area contributed by atoms with Crippen molar-refractivity contribution >= 4 is 17.3 Å². The van der Waals surface area contributed by atoms with Crippen LogP contribution in [0, 0.1) is 6.92 Å². The van der Waals surface area contributed by atoms with Gasteiger partial charge in [0.05, 0.1) is 6.42 Å². The fourth-order valence-electron chi connectivity index (χ4n) is 1.20. The molecule has 0 fully saturated rings. The van der Waals surface area contributed by atoms with Gasteiger partial charge in [-0.25, -0.2) is 4.98 Å². The van der Waals surface area contributed by atoms with Crippen LogP contribution in [0.3, 0.4) is 0 Å². The molecule has 5 heteroatoms. The molecular weight excluding hydrogens is 214 g/mol. The Hall–Kier alpha value is -1.62. The summed E-state index contributed by atoms with van der Waals surface area (Å²) >= 11 is 1.34. The highest BCUT2D eigenvalue weighted by Crippen LogP contribution is 2.26. The minimum atomic E-state index is -0.846. The Morgan fingerprint density at radius 3 is 3.00 bits per heavy atom. The van der Waals surface area contributed by atoms with Crippen molar-refractivity contribution in [1.29, 1.82) is 0 Å². The van der Waals surface area contributed by atoms with Crippen LogP contribution in [0.25, 0.3) is 10.8 Å². The highest BCUT2D eigenvalue weighted by Gasteiger charge is 2.10. The van der Waals surface area contributed by atoms with E-state index in [0.29, 0.717) is 5.76 Å². The molecule has 1 N–H and O–H groups in total. The fourth-order valence-corrected chi connectivity index (χ4v) is 2.07. The quantitative estimate of drug-likeness (QED) is 0.867. The zero-order valence-electron chi connectivity index (χ0n) is 8.06. The number of hydrogen-bond acceptors (Lipinski definition) is 4.